The third-order valence-electron chi connectivity index (χ3n) is 3.49. The molecule has 3 N–H and O–H groups in total. The highest BCUT2D eigenvalue weighted by molar-refractivity contribution is 6.31. The highest BCUT2D eigenvalue weighted by Crippen LogP contribution is 2.29. The van der Waals surface area contributed by atoms with Gasteiger partial charge in [-0.15, -0.1) is 0 Å². The number of aryl methyl sites for hydroxylation is 1. The Morgan fingerprint density at radius 1 is 1.08 bits per heavy atom. The van der Waals surface area contributed by atoms with Gasteiger partial charge in [-0.1, -0.05) is 47.5 Å². The second-order valence-corrected chi connectivity index (χ2v) is 5.71. The number of nitrogens with zero attached hydrogens (tertiary/aromatic N) is 2. The van der Waals surface area contributed by atoms with Crippen molar-refractivity contribution in [3.63, 3.8) is 0 Å². The van der Waals surface area contributed by atoms with Gasteiger partial charge in [-0.05, 0) is 30.7 Å². The Labute approximate surface area is 145 Å². The van der Waals surface area contributed by atoms with E-state index in [1.54, 1.807) is 0 Å². The van der Waals surface area contributed by atoms with E-state index in [2.05, 4.69) is 15.3 Å². The van der Waals surface area contributed by atoms with E-state index in [1.165, 1.54) is 6.33 Å². The van der Waals surface area contributed by atoms with Crippen LogP contribution in [0.25, 0.3) is 0 Å². The second-order valence-electron chi connectivity index (χ2n) is 5.30. The molecular weight excluding hydrogens is 324 g/mol. The van der Waals surface area contributed by atoms with Crippen molar-refractivity contribution in [2.45, 2.75) is 13.5 Å². The molecule has 6 heteroatoms. The number of rotatable bonds is 5. The molecule has 122 valence electrons. The molecule has 0 amide bonds. The summed E-state index contributed by atoms with van der Waals surface area (Å²) in [6.07, 6.45) is 1.41. The van der Waals surface area contributed by atoms with Gasteiger partial charge in [0.1, 0.15) is 17.8 Å². The molecule has 3 aromatic rings. The van der Waals surface area contributed by atoms with Crippen molar-refractivity contribution in [1.82, 2.24) is 9.97 Å². The summed E-state index contributed by atoms with van der Waals surface area (Å²) in [7, 11) is 0. The van der Waals surface area contributed by atoms with Crippen molar-refractivity contribution < 1.29 is 4.74 Å². The van der Waals surface area contributed by atoms with Crippen molar-refractivity contribution in [3.8, 4) is 11.6 Å². The van der Waals surface area contributed by atoms with Gasteiger partial charge in [-0.25, -0.2) is 4.98 Å². The van der Waals surface area contributed by atoms with Gasteiger partial charge in [0.25, 0.3) is 0 Å². The maximum atomic E-state index is 6.15. The van der Waals surface area contributed by atoms with Gasteiger partial charge in [-0.3, -0.25) is 0 Å². The van der Waals surface area contributed by atoms with Crippen LogP contribution in [0.15, 0.2) is 54.9 Å². The zero-order chi connectivity index (χ0) is 16.9. The largest absolute Gasteiger partial charge is 0.437 e. The van der Waals surface area contributed by atoms with E-state index in [4.69, 9.17) is 22.1 Å². The van der Waals surface area contributed by atoms with Crippen molar-refractivity contribution >= 4 is 23.1 Å². The predicted octanol–water partition coefficient (Wildman–Crippen LogP) is 4.43. The minimum Gasteiger partial charge on any atom is -0.437 e. The summed E-state index contributed by atoms with van der Waals surface area (Å²) in [4.78, 5) is 8.27. The number of nitrogens with one attached hydrogen (secondary N) is 1. The molecule has 0 atom stereocenters. The van der Waals surface area contributed by atoms with Crippen molar-refractivity contribution in [2.24, 2.45) is 0 Å². The summed E-state index contributed by atoms with van der Waals surface area (Å²) in [5, 5.41) is 3.85. The molecule has 0 fully saturated rings. The summed E-state index contributed by atoms with van der Waals surface area (Å²) >= 11 is 6.15. The number of halogens is 1. The van der Waals surface area contributed by atoms with Crippen LogP contribution in [-0.2, 0) is 6.54 Å². The molecule has 0 aliphatic rings. The van der Waals surface area contributed by atoms with Crippen LogP contribution >= 0.6 is 11.6 Å². The van der Waals surface area contributed by atoms with Gasteiger partial charge in [0.05, 0.1) is 0 Å². The fraction of sp³-hybridized carbons (Fsp3) is 0.111. The third kappa shape index (κ3) is 3.75. The highest BCUT2D eigenvalue weighted by Gasteiger charge is 2.10. The number of ether oxygens (including phenoxy) is 1. The lowest BCUT2D eigenvalue weighted by atomic mass is 10.2. The lowest BCUT2D eigenvalue weighted by Gasteiger charge is -2.12. The fourth-order valence-electron chi connectivity index (χ4n) is 2.14. The highest BCUT2D eigenvalue weighted by atomic mass is 35.5. The van der Waals surface area contributed by atoms with Gasteiger partial charge >= 0.3 is 0 Å². The molecule has 1 heterocycles. The molecule has 0 aliphatic heterocycles. The molecule has 0 unspecified atom stereocenters. The minimum atomic E-state index is 0.315. The molecule has 0 saturated carbocycles. The maximum Gasteiger partial charge on any atom is 0.248 e. The first-order chi connectivity index (χ1) is 11.6. The van der Waals surface area contributed by atoms with E-state index in [1.807, 2.05) is 55.5 Å². The van der Waals surface area contributed by atoms with E-state index in [9.17, 15) is 0 Å². The lowest BCUT2D eigenvalue weighted by molar-refractivity contribution is 0.464. The number of hydrogen-bond acceptors (Lipinski definition) is 5. The maximum absolute atomic E-state index is 6.15. The molecule has 0 saturated heterocycles. The normalized spacial score (nSPS) is 10.4. The monoisotopic (exact) mass is 340 g/mol. The van der Waals surface area contributed by atoms with Crippen LogP contribution in [0.2, 0.25) is 5.02 Å². The fourth-order valence-corrected chi connectivity index (χ4v) is 2.34. The number of nitrogen functional groups attached to an aromatic ring is 1. The third-order valence-corrected chi connectivity index (χ3v) is 3.86. The zero-order valence-electron chi connectivity index (χ0n) is 13.2. The Kier molecular flexibility index (Phi) is 4.82. The molecule has 2 aromatic carbocycles. The van der Waals surface area contributed by atoms with Crippen LogP contribution in [0, 0.1) is 6.92 Å². The Hall–Kier alpha value is -2.79. The Balaban J connectivity index is 1.75. The SMILES string of the molecule is Cc1ccc(Oc2ncnc(NCc3ccccc3Cl)c2N)cc1. The summed E-state index contributed by atoms with van der Waals surface area (Å²) in [6, 6.07) is 15.3. The number of benzene rings is 2. The molecule has 5 nitrogen and oxygen atoms in total. The molecule has 0 spiro atoms. The smallest absolute Gasteiger partial charge is 0.248 e. The van der Waals surface area contributed by atoms with E-state index < -0.39 is 0 Å². The van der Waals surface area contributed by atoms with Gasteiger partial charge < -0.3 is 15.8 Å². The standard InChI is InChI=1S/C18H17ClN4O/c1-12-6-8-14(9-7-12)24-18-16(20)17(22-11-23-18)21-10-13-4-2-3-5-15(13)19/h2-9,11H,10,20H2,1H3,(H,21,22,23). The average molecular weight is 341 g/mol. The molecule has 0 aliphatic carbocycles. The van der Waals surface area contributed by atoms with Crippen molar-refractivity contribution in [2.75, 3.05) is 11.1 Å². The lowest BCUT2D eigenvalue weighted by Crippen LogP contribution is -2.07. The predicted molar refractivity (Wildman–Crippen MR) is 96.5 cm³/mol. The molecule has 1 aromatic heterocycles. The number of nitrogens with two attached hydrogens (primary N) is 1. The topological polar surface area (TPSA) is 73.1 Å². The van der Waals surface area contributed by atoms with E-state index in [0.29, 0.717) is 34.7 Å². The first-order valence-electron chi connectivity index (χ1n) is 7.46. The quantitative estimate of drug-likeness (QED) is 0.719. The first-order valence-corrected chi connectivity index (χ1v) is 7.83. The van der Waals surface area contributed by atoms with Gasteiger partial charge in [0.2, 0.25) is 5.88 Å². The molecule has 3 rings (SSSR count). The Bertz CT molecular complexity index is 837. The van der Waals surface area contributed by atoms with Crippen LogP contribution in [0.3, 0.4) is 0 Å². The van der Waals surface area contributed by atoms with Crippen LogP contribution in [0.5, 0.6) is 11.6 Å². The molecular formula is C18H17ClN4O. The molecule has 0 bridgehead atoms. The van der Waals surface area contributed by atoms with Gasteiger partial charge in [-0.2, -0.15) is 4.98 Å². The summed E-state index contributed by atoms with van der Waals surface area (Å²) in [5.74, 6) is 1.49. The zero-order valence-corrected chi connectivity index (χ0v) is 13.9. The number of aromatic nitrogens is 2. The van der Waals surface area contributed by atoms with Crippen LogP contribution in [0.1, 0.15) is 11.1 Å². The van der Waals surface area contributed by atoms with Crippen molar-refractivity contribution in [3.05, 3.63) is 71.0 Å². The van der Waals surface area contributed by atoms with Crippen LogP contribution in [0.4, 0.5) is 11.5 Å². The first kappa shape index (κ1) is 16.1. The second kappa shape index (κ2) is 7.19. The van der Waals surface area contributed by atoms with E-state index >= 15 is 0 Å². The van der Waals surface area contributed by atoms with Gasteiger partial charge in [0.15, 0.2) is 5.82 Å². The van der Waals surface area contributed by atoms with E-state index in [-0.39, 0.29) is 0 Å². The Morgan fingerprint density at radius 3 is 2.58 bits per heavy atom. The minimum absolute atomic E-state index is 0.315. The number of anilines is 2. The number of hydrogen-bond donors (Lipinski definition) is 2. The summed E-state index contributed by atoms with van der Waals surface area (Å²) < 4.78 is 5.74. The summed E-state index contributed by atoms with van der Waals surface area (Å²) in [5.41, 5.74) is 8.58. The molecule has 24 heavy (non-hydrogen) atoms. The van der Waals surface area contributed by atoms with Gasteiger partial charge in [0, 0.05) is 11.6 Å². The van der Waals surface area contributed by atoms with Crippen LogP contribution in [-0.4, -0.2) is 9.97 Å². The van der Waals surface area contributed by atoms with Crippen molar-refractivity contribution in [1.29, 1.82) is 0 Å². The summed E-state index contributed by atoms with van der Waals surface area (Å²) in [6.45, 7) is 2.52. The molecule has 0 radical (unpaired) electrons. The van der Waals surface area contributed by atoms with Crippen LogP contribution < -0.4 is 15.8 Å². The average Bonchev–Trinajstić information content (AvgIpc) is 2.59. The Morgan fingerprint density at radius 2 is 1.83 bits per heavy atom. The van der Waals surface area contributed by atoms with E-state index in [0.717, 1.165) is 11.1 Å².